The van der Waals surface area contributed by atoms with Gasteiger partial charge in [0.1, 0.15) is 5.75 Å². The standard InChI is InChI=1S/C15H12N2O5/c1-21-15(18)10-4-2-9(3-5-10)14-16-12-8-11(17(19)20)6-7-13(12)22-14/h2-8,14,16H,1H3/t14-/m1/s1. The number of ether oxygens (including phenoxy) is 2. The molecule has 1 atom stereocenters. The molecule has 7 nitrogen and oxygen atoms in total. The molecule has 7 heteroatoms. The lowest BCUT2D eigenvalue weighted by Crippen LogP contribution is -2.10. The maximum Gasteiger partial charge on any atom is 0.337 e. The molecule has 3 rings (SSSR count). The van der Waals surface area contributed by atoms with Gasteiger partial charge in [-0.2, -0.15) is 0 Å². The van der Waals surface area contributed by atoms with Gasteiger partial charge in [0.2, 0.25) is 0 Å². The Hall–Kier alpha value is -3.09. The van der Waals surface area contributed by atoms with Crippen LogP contribution in [0, 0.1) is 10.1 Å². The van der Waals surface area contributed by atoms with Gasteiger partial charge < -0.3 is 14.8 Å². The summed E-state index contributed by atoms with van der Waals surface area (Å²) in [7, 11) is 1.32. The highest BCUT2D eigenvalue weighted by atomic mass is 16.6. The molecule has 22 heavy (non-hydrogen) atoms. The molecule has 0 unspecified atom stereocenters. The van der Waals surface area contributed by atoms with Crippen LogP contribution in [-0.4, -0.2) is 18.0 Å². The number of hydrogen-bond acceptors (Lipinski definition) is 6. The quantitative estimate of drug-likeness (QED) is 0.532. The van der Waals surface area contributed by atoms with Crippen LogP contribution in [0.4, 0.5) is 11.4 Å². The van der Waals surface area contributed by atoms with Crippen LogP contribution in [0.5, 0.6) is 5.75 Å². The van der Waals surface area contributed by atoms with Crippen LogP contribution >= 0.6 is 0 Å². The molecular formula is C15H12N2O5. The molecule has 0 aliphatic carbocycles. The number of rotatable bonds is 3. The third-order valence-electron chi connectivity index (χ3n) is 3.34. The van der Waals surface area contributed by atoms with Crippen LogP contribution < -0.4 is 10.1 Å². The average Bonchev–Trinajstić information content (AvgIpc) is 2.97. The molecule has 112 valence electrons. The van der Waals surface area contributed by atoms with Crippen LogP contribution in [0.1, 0.15) is 22.1 Å². The van der Waals surface area contributed by atoms with E-state index in [1.54, 1.807) is 30.3 Å². The summed E-state index contributed by atoms with van der Waals surface area (Å²) in [6.07, 6.45) is -0.455. The second-order valence-corrected chi connectivity index (χ2v) is 4.69. The van der Waals surface area contributed by atoms with Gasteiger partial charge in [-0.1, -0.05) is 12.1 Å². The summed E-state index contributed by atoms with van der Waals surface area (Å²) in [4.78, 5) is 21.7. The van der Waals surface area contributed by atoms with Gasteiger partial charge in [0.25, 0.3) is 5.69 Å². The average molecular weight is 300 g/mol. The van der Waals surface area contributed by atoms with Gasteiger partial charge in [-0.3, -0.25) is 10.1 Å². The number of nitrogens with one attached hydrogen (secondary N) is 1. The fourth-order valence-electron chi connectivity index (χ4n) is 2.21. The fourth-order valence-corrected chi connectivity index (χ4v) is 2.21. The molecule has 0 saturated heterocycles. The third-order valence-corrected chi connectivity index (χ3v) is 3.34. The minimum Gasteiger partial charge on any atom is -0.465 e. The highest BCUT2D eigenvalue weighted by Gasteiger charge is 2.25. The summed E-state index contributed by atoms with van der Waals surface area (Å²) in [5.74, 6) is 0.137. The van der Waals surface area contributed by atoms with E-state index in [-0.39, 0.29) is 5.69 Å². The molecule has 1 N–H and O–H groups in total. The molecule has 1 heterocycles. The lowest BCUT2D eigenvalue weighted by molar-refractivity contribution is -0.384. The number of carbonyl (C=O) groups excluding carboxylic acids is 1. The van der Waals surface area contributed by atoms with Gasteiger partial charge in [-0.25, -0.2) is 4.79 Å². The Morgan fingerprint density at radius 1 is 1.27 bits per heavy atom. The van der Waals surface area contributed by atoms with Crippen molar-refractivity contribution in [2.24, 2.45) is 0 Å². The van der Waals surface area contributed by atoms with Crippen molar-refractivity contribution in [3.05, 3.63) is 63.7 Å². The van der Waals surface area contributed by atoms with Crippen LogP contribution in [0.3, 0.4) is 0 Å². The molecule has 2 aromatic rings. The fraction of sp³-hybridized carbons (Fsp3) is 0.133. The van der Waals surface area contributed by atoms with Crippen molar-refractivity contribution >= 4 is 17.3 Å². The molecule has 0 saturated carbocycles. The van der Waals surface area contributed by atoms with Crippen LogP contribution in [0.15, 0.2) is 42.5 Å². The zero-order valence-corrected chi connectivity index (χ0v) is 11.6. The summed E-state index contributed by atoms with van der Waals surface area (Å²) in [5, 5.41) is 13.8. The van der Waals surface area contributed by atoms with E-state index in [4.69, 9.17) is 4.74 Å². The summed E-state index contributed by atoms with van der Waals surface area (Å²) >= 11 is 0. The highest BCUT2D eigenvalue weighted by Crippen LogP contribution is 2.39. The lowest BCUT2D eigenvalue weighted by Gasteiger charge is -2.11. The first kappa shape index (κ1) is 13.9. The predicted octanol–water partition coefficient (Wildman–Crippen LogP) is 2.88. The van der Waals surface area contributed by atoms with Crippen LogP contribution in [-0.2, 0) is 4.74 Å². The molecular weight excluding hydrogens is 288 g/mol. The SMILES string of the molecule is COC(=O)c1ccc([C@@H]2Nc3cc([N+](=O)[O-])ccc3O2)cc1. The number of non-ortho nitro benzene ring substituents is 1. The van der Waals surface area contributed by atoms with Gasteiger partial charge in [-0.15, -0.1) is 0 Å². The summed E-state index contributed by atoms with van der Waals surface area (Å²) in [6, 6.07) is 11.1. The van der Waals surface area contributed by atoms with Gasteiger partial charge >= 0.3 is 5.97 Å². The molecule has 0 bridgehead atoms. The predicted molar refractivity (Wildman–Crippen MR) is 77.9 cm³/mol. The van der Waals surface area contributed by atoms with Gasteiger partial charge in [0.05, 0.1) is 23.3 Å². The minimum absolute atomic E-state index is 0.00320. The Morgan fingerprint density at radius 3 is 2.64 bits per heavy atom. The smallest absolute Gasteiger partial charge is 0.337 e. The van der Waals surface area contributed by atoms with Gasteiger partial charge in [0.15, 0.2) is 6.23 Å². The van der Waals surface area contributed by atoms with Crippen molar-refractivity contribution in [2.75, 3.05) is 12.4 Å². The van der Waals surface area contributed by atoms with Crippen LogP contribution in [0.2, 0.25) is 0 Å². The van der Waals surface area contributed by atoms with Crippen molar-refractivity contribution < 1.29 is 19.2 Å². The van der Waals surface area contributed by atoms with E-state index in [1.165, 1.54) is 19.2 Å². The van der Waals surface area contributed by atoms with E-state index in [0.29, 0.717) is 17.0 Å². The maximum atomic E-state index is 11.4. The first-order valence-corrected chi connectivity index (χ1v) is 6.48. The second kappa shape index (κ2) is 5.36. The van der Waals surface area contributed by atoms with E-state index >= 15 is 0 Å². The molecule has 1 aliphatic heterocycles. The summed E-state index contributed by atoms with van der Waals surface area (Å²) in [6.45, 7) is 0. The second-order valence-electron chi connectivity index (χ2n) is 4.69. The number of nitrogens with zero attached hydrogens (tertiary/aromatic N) is 1. The number of carbonyl (C=O) groups is 1. The molecule has 2 aromatic carbocycles. The van der Waals surface area contributed by atoms with Crippen molar-refractivity contribution in [2.45, 2.75) is 6.23 Å². The van der Waals surface area contributed by atoms with Crippen molar-refractivity contribution in [3.63, 3.8) is 0 Å². The van der Waals surface area contributed by atoms with E-state index in [0.717, 1.165) is 5.56 Å². The number of nitro groups is 1. The number of methoxy groups -OCH3 is 1. The molecule has 0 spiro atoms. The topological polar surface area (TPSA) is 90.7 Å². The lowest BCUT2D eigenvalue weighted by atomic mass is 10.1. The number of esters is 1. The Kier molecular flexibility index (Phi) is 3.38. The van der Waals surface area contributed by atoms with Crippen molar-refractivity contribution in [1.29, 1.82) is 0 Å². The molecule has 0 radical (unpaired) electrons. The van der Waals surface area contributed by atoms with Crippen LogP contribution in [0.25, 0.3) is 0 Å². The van der Waals surface area contributed by atoms with Gasteiger partial charge in [-0.05, 0) is 18.2 Å². The third kappa shape index (κ3) is 2.44. The number of nitro benzene ring substituents is 1. The Balaban J connectivity index is 1.80. The Bertz CT molecular complexity index is 742. The number of benzene rings is 2. The number of fused-ring (bicyclic) bond motifs is 1. The first-order valence-electron chi connectivity index (χ1n) is 6.48. The zero-order valence-electron chi connectivity index (χ0n) is 11.6. The molecule has 0 aromatic heterocycles. The summed E-state index contributed by atoms with van der Waals surface area (Å²) in [5.41, 5.74) is 1.80. The number of hydrogen-bond donors (Lipinski definition) is 1. The minimum atomic E-state index is -0.458. The van der Waals surface area contributed by atoms with E-state index in [1.807, 2.05) is 0 Å². The Labute approximate surface area is 125 Å². The van der Waals surface area contributed by atoms with Gasteiger partial charge in [0, 0.05) is 17.7 Å². The monoisotopic (exact) mass is 300 g/mol. The molecule has 0 fully saturated rings. The van der Waals surface area contributed by atoms with E-state index < -0.39 is 17.1 Å². The van der Waals surface area contributed by atoms with Crippen molar-refractivity contribution in [3.8, 4) is 5.75 Å². The number of anilines is 1. The molecule has 0 amide bonds. The van der Waals surface area contributed by atoms with E-state index in [9.17, 15) is 14.9 Å². The summed E-state index contributed by atoms with van der Waals surface area (Å²) < 4.78 is 10.3. The normalized spacial score (nSPS) is 15.4. The maximum absolute atomic E-state index is 11.4. The first-order chi connectivity index (χ1) is 10.6. The highest BCUT2D eigenvalue weighted by molar-refractivity contribution is 5.89. The largest absolute Gasteiger partial charge is 0.465 e. The van der Waals surface area contributed by atoms with E-state index in [2.05, 4.69) is 10.1 Å². The molecule has 1 aliphatic rings. The zero-order chi connectivity index (χ0) is 15.7. The Morgan fingerprint density at radius 2 is 2.00 bits per heavy atom. The van der Waals surface area contributed by atoms with Crippen molar-refractivity contribution in [1.82, 2.24) is 0 Å².